The molecule has 2 aromatic heterocycles. The number of nitrogens with zero attached hydrogens (tertiary/aromatic N) is 2. The molecule has 2 heterocycles. The van der Waals surface area contributed by atoms with Gasteiger partial charge in [0.15, 0.2) is 0 Å². The van der Waals surface area contributed by atoms with Crippen molar-refractivity contribution in [3.8, 4) is 6.07 Å². The van der Waals surface area contributed by atoms with Crippen LogP contribution in [0.1, 0.15) is 34.6 Å². The molecule has 0 bridgehead atoms. The first kappa shape index (κ1) is 19.8. The van der Waals surface area contributed by atoms with Crippen LogP contribution in [0.25, 0.3) is 0 Å². The third-order valence-electron chi connectivity index (χ3n) is 4.68. The predicted molar refractivity (Wildman–Crippen MR) is 112 cm³/mol. The van der Waals surface area contributed by atoms with E-state index in [4.69, 9.17) is 4.42 Å². The van der Waals surface area contributed by atoms with Crippen molar-refractivity contribution in [3.63, 3.8) is 0 Å². The van der Waals surface area contributed by atoms with Crippen LogP contribution in [0.3, 0.4) is 0 Å². The van der Waals surface area contributed by atoms with E-state index in [-0.39, 0.29) is 5.91 Å². The summed E-state index contributed by atoms with van der Waals surface area (Å²) < 4.78 is 7.37. The number of carbonyl (C=O) groups is 1. The Hall–Kier alpha value is -2.91. The molecule has 0 spiro atoms. The van der Waals surface area contributed by atoms with E-state index in [1.165, 1.54) is 5.56 Å². The number of aromatic nitrogens is 1. The Kier molecular flexibility index (Phi) is 6.27. The molecule has 28 heavy (non-hydrogen) atoms. The molecule has 0 radical (unpaired) electrons. The Labute approximate surface area is 169 Å². The van der Waals surface area contributed by atoms with Gasteiger partial charge in [-0.2, -0.15) is 5.26 Å². The molecule has 0 unspecified atom stereocenters. The summed E-state index contributed by atoms with van der Waals surface area (Å²) in [5.41, 5.74) is 3.52. The largest absolute Gasteiger partial charge is 0.467 e. The molecule has 1 N–H and O–H groups in total. The molecule has 0 saturated heterocycles. The zero-order chi connectivity index (χ0) is 20.1. The smallest absolute Gasteiger partial charge is 0.226 e. The molecular formula is C22H23N3O2S. The van der Waals surface area contributed by atoms with Gasteiger partial charge in [-0.1, -0.05) is 17.7 Å². The van der Waals surface area contributed by atoms with Crippen molar-refractivity contribution in [1.29, 1.82) is 5.26 Å². The molecule has 0 aliphatic rings. The Morgan fingerprint density at radius 2 is 2.07 bits per heavy atom. The maximum atomic E-state index is 12.5. The van der Waals surface area contributed by atoms with Gasteiger partial charge in [-0.15, -0.1) is 11.8 Å². The average molecular weight is 394 g/mol. The molecule has 1 aromatic carbocycles. The zero-order valence-corrected chi connectivity index (χ0v) is 17.1. The molecule has 6 heteroatoms. The summed E-state index contributed by atoms with van der Waals surface area (Å²) in [6.07, 6.45) is 1.99. The lowest BCUT2D eigenvalue weighted by molar-refractivity contribution is -0.115. The van der Waals surface area contributed by atoms with Gasteiger partial charge in [0.1, 0.15) is 17.6 Å². The highest BCUT2D eigenvalue weighted by Gasteiger charge is 2.20. The summed E-state index contributed by atoms with van der Waals surface area (Å²) in [5, 5.41) is 12.5. The SMILES string of the molecule is Cc1cccc(SCCC(=O)Nc2c(C#N)c(C)c(C)n2Cc2ccco2)c1. The highest BCUT2D eigenvalue weighted by atomic mass is 32.2. The maximum Gasteiger partial charge on any atom is 0.226 e. The molecule has 144 valence electrons. The molecule has 0 aliphatic carbocycles. The van der Waals surface area contributed by atoms with Gasteiger partial charge in [0.25, 0.3) is 0 Å². The lowest BCUT2D eigenvalue weighted by Crippen LogP contribution is -2.17. The summed E-state index contributed by atoms with van der Waals surface area (Å²) in [7, 11) is 0. The number of hydrogen-bond donors (Lipinski definition) is 1. The van der Waals surface area contributed by atoms with Crippen LogP contribution in [0.4, 0.5) is 5.82 Å². The summed E-state index contributed by atoms with van der Waals surface area (Å²) in [4.78, 5) is 13.7. The van der Waals surface area contributed by atoms with E-state index >= 15 is 0 Å². The van der Waals surface area contributed by atoms with Crippen LogP contribution in [0.15, 0.2) is 52.0 Å². The normalized spacial score (nSPS) is 10.6. The highest BCUT2D eigenvalue weighted by molar-refractivity contribution is 7.99. The number of anilines is 1. The van der Waals surface area contributed by atoms with Crippen molar-refractivity contribution in [2.24, 2.45) is 0 Å². The monoisotopic (exact) mass is 393 g/mol. The first-order chi connectivity index (χ1) is 13.5. The number of nitriles is 1. The number of aryl methyl sites for hydroxylation is 1. The molecule has 0 atom stereocenters. The molecule has 1 amide bonds. The van der Waals surface area contributed by atoms with Crippen LogP contribution in [0.5, 0.6) is 0 Å². The van der Waals surface area contributed by atoms with Gasteiger partial charge < -0.3 is 14.3 Å². The second-order valence-corrected chi connectivity index (χ2v) is 7.84. The molecule has 0 fully saturated rings. The van der Waals surface area contributed by atoms with Crippen molar-refractivity contribution in [2.75, 3.05) is 11.1 Å². The molecule has 0 saturated carbocycles. The van der Waals surface area contributed by atoms with Gasteiger partial charge >= 0.3 is 0 Å². The number of benzene rings is 1. The van der Waals surface area contributed by atoms with E-state index < -0.39 is 0 Å². The number of rotatable bonds is 7. The van der Waals surface area contributed by atoms with E-state index in [0.717, 1.165) is 21.9 Å². The Morgan fingerprint density at radius 3 is 2.75 bits per heavy atom. The Morgan fingerprint density at radius 1 is 1.25 bits per heavy atom. The van der Waals surface area contributed by atoms with E-state index in [2.05, 4.69) is 30.4 Å². The molecule has 3 rings (SSSR count). The topological polar surface area (TPSA) is 71.0 Å². The van der Waals surface area contributed by atoms with Crippen LogP contribution < -0.4 is 5.32 Å². The lowest BCUT2D eigenvalue weighted by atomic mass is 10.2. The molecule has 3 aromatic rings. The minimum atomic E-state index is -0.102. The van der Waals surface area contributed by atoms with Crippen LogP contribution >= 0.6 is 11.8 Å². The number of hydrogen-bond acceptors (Lipinski definition) is 4. The van der Waals surface area contributed by atoms with Crippen molar-refractivity contribution in [2.45, 2.75) is 38.6 Å². The van der Waals surface area contributed by atoms with Crippen molar-refractivity contribution >= 4 is 23.5 Å². The molecule has 5 nitrogen and oxygen atoms in total. The van der Waals surface area contributed by atoms with Gasteiger partial charge in [0.2, 0.25) is 5.91 Å². The van der Waals surface area contributed by atoms with Crippen molar-refractivity contribution in [1.82, 2.24) is 4.57 Å². The highest BCUT2D eigenvalue weighted by Crippen LogP contribution is 2.28. The number of thioether (sulfide) groups is 1. The summed E-state index contributed by atoms with van der Waals surface area (Å²) in [5.74, 6) is 1.89. The van der Waals surface area contributed by atoms with Crippen LogP contribution in [-0.4, -0.2) is 16.2 Å². The number of furan rings is 1. The van der Waals surface area contributed by atoms with Gasteiger partial charge in [0.05, 0.1) is 18.4 Å². The summed E-state index contributed by atoms with van der Waals surface area (Å²) in [6.45, 7) is 6.37. The first-order valence-electron chi connectivity index (χ1n) is 9.11. The molecule has 0 aliphatic heterocycles. The minimum absolute atomic E-state index is 0.102. The first-order valence-corrected chi connectivity index (χ1v) is 10.1. The third kappa shape index (κ3) is 4.49. The average Bonchev–Trinajstić information content (AvgIpc) is 3.25. The van der Waals surface area contributed by atoms with E-state index in [1.54, 1.807) is 18.0 Å². The van der Waals surface area contributed by atoms with Crippen molar-refractivity contribution < 1.29 is 9.21 Å². The predicted octanol–water partition coefficient (Wildman–Crippen LogP) is 5.05. The van der Waals surface area contributed by atoms with Crippen molar-refractivity contribution in [3.05, 3.63) is 70.8 Å². The second kappa shape index (κ2) is 8.85. The molecular weight excluding hydrogens is 370 g/mol. The maximum absolute atomic E-state index is 12.5. The van der Waals surface area contributed by atoms with Crippen LogP contribution in [0.2, 0.25) is 0 Å². The van der Waals surface area contributed by atoms with Crippen LogP contribution in [0, 0.1) is 32.1 Å². The number of amides is 1. The number of nitrogens with one attached hydrogen (secondary N) is 1. The number of carbonyl (C=O) groups excluding carboxylic acids is 1. The van der Waals surface area contributed by atoms with Gasteiger partial charge in [-0.05, 0) is 50.6 Å². The van der Waals surface area contributed by atoms with E-state index in [9.17, 15) is 10.1 Å². The standard InChI is InChI=1S/C22H23N3O2S/c1-15-6-4-8-19(12-15)28-11-9-21(26)24-22-20(13-23)16(2)17(3)25(22)14-18-7-5-10-27-18/h4-8,10,12H,9,11,14H2,1-3H3,(H,24,26). The fraction of sp³-hybridized carbons (Fsp3) is 0.273. The van der Waals surface area contributed by atoms with E-state index in [1.807, 2.05) is 42.7 Å². The minimum Gasteiger partial charge on any atom is -0.467 e. The van der Waals surface area contributed by atoms with E-state index in [0.29, 0.717) is 30.1 Å². The van der Waals surface area contributed by atoms with Gasteiger partial charge in [0, 0.05) is 22.8 Å². The Balaban J connectivity index is 1.70. The van der Waals surface area contributed by atoms with Gasteiger partial charge in [-0.3, -0.25) is 4.79 Å². The second-order valence-electron chi connectivity index (χ2n) is 6.67. The summed E-state index contributed by atoms with van der Waals surface area (Å²) >= 11 is 1.65. The lowest BCUT2D eigenvalue weighted by Gasteiger charge is -2.12. The van der Waals surface area contributed by atoms with Crippen LogP contribution in [-0.2, 0) is 11.3 Å². The van der Waals surface area contributed by atoms with Gasteiger partial charge in [-0.25, -0.2) is 0 Å². The fourth-order valence-corrected chi connectivity index (χ4v) is 4.01. The summed E-state index contributed by atoms with van der Waals surface area (Å²) in [6, 6.07) is 14.2. The fourth-order valence-electron chi connectivity index (χ4n) is 3.05. The zero-order valence-electron chi connectivity index (χ0n) is 16.3. The quantitative estimate of drug-likeness (QED) is 0.570. The third-order valence-corrected chi connectivity index (χ3v) is 5.68. The Bertz CT molecular complexity index is 1010.